The van der Waals surface area contributed by atoms with Crippen LogP contribution in [0.25, 0.3) is 44.6 Å². The fourth-order valence-electron chi connectivity index (χ4n) is 5.97. The number of aromatic nitrogens is 8. The number of anilines is 3. The number of ether oxygens (including phenoxy) is 2. The van der Waals surface area contributed by atoms with E-state index in [1.54, 1.807) is 29.9 Å². The minimum Gasteiger partial charge on any atom is -0.433 e. The Balaban J connectivity index is 0.000000203. The fraction of sp³-hybridized carbons (Fsp3) is 0.128. The molecule has 0 radical (unpaired) electrons. The predicted octanol–water partition coefficient (Wildman–Crippen LogP) is 9.94. The van der Waals surface area contributed by atoms with E-state index in [1.165, 1.54) is 30.6 Å². The van der Waals surface area contributed by atoms with Crippen molar-refractivity contribution >= 4 is 62.1 Å². The van der Waals surface area contributed by atoms with Crippen LogP contribution in [0.5, 0.6) is 11.5 Å². The van der Waals surface area contributed by atoms with E-state index in [-0.39, 0.29) is 36.0 Å². The molecule has 3 N–H and O–H groups in total. The van der Waals surface area contributed by atoms with E-state index in [9.17, 15) is 55.4 Å². The molecule has 0 atom stereocenters. The summed E-state index contributed by atoms with van der Waals surface area (Å²) in [6.07, 6.45) is 5.95. The number of alkyl halides is 4. The van der Waals surface area contributed by atoms with Gasteiger partial charge >= 0.3 is 24.6 Å². The second-order valence-corrected chi connectivity index (χ2v) is 13.2. The van der Waals surface area contributed by atoms with Gasteiger partial charge in [0.15, 0.2) is 23.1 Å². The summed E-state index contributed by atoms with van der Waals surface area (Å²) in [7, 11) is 3.63. The molecule has 0 aliphatic rings. The summed E-state index contributed by atoms with van der Waals surface area (Å²) in [5, 5.41) is 25.1. The maximum Gasteiger partial charge on any atom is 0.387 e. The van der Waals surface area contributed by atoms with Crippen molar-refractivity contribution in [2.75, 3.05) is 11.1 Å². The summed E-state index contributed by atoms with van der Waals surface area (Å²) in [4.78, 5) is 43.2. The molecule has 0 aliphatic heterocycles. The lowest BCUT2D eigenvalue weighted by Crippen LogP contribution is -2.07. The lowest BCUT2D eigenvalue weighted by Gasteiger charge is -2.12. The predicted molar refractivity (Wildman–Crippen MR) is 222 cm³/mol. The van der Waals surface area contributed by atoms with Crippen molar-refractivity contribution in [3.05, 3.63) is 134 Å². The van der Waals surface area contributed by atoms with Gasteiger partial charge in [-0.05, 0) is 48.0 Å². The van der Waals surface area contributed by atoms with Gasteiger partial charge in [0.05, 0.1) is 21.2 Å². The van der Waals surface area contributed by atoms with E-state index in [1.807, 2.05) is 17.8 Å². The van der Waals surface area contributed by atoms with Crippen molar-refractivity contribution in [2.24, 2.45) is 14.1 Å². The van der Waals surface area contributed by atoms with Gasteiger partial charge in [0.1, 0.15) is 24.3 Å². The van der Waals surface area contributed by atoms with E-state index in [0.717, 1.165) is 22.8 Å². The Morgan fingerprint density at radius 1 is 0.682 bits per heavy atom. The van der Waals surface area contributed by atoms with E-state index in [4.69, 9.17) is 17.3 Å². The smallest absolute Gasteiger partial charge is 0.387 e. The molecule has 4 aromatic carbocycles. The third kappa shape index (κ3) is 11.3. The molecule has 0 aliphatic carbocycles. The van der Waals surface area contributed by atoms with Crippen molar-refractivity contribution in [3.8, 4) is 34.3 Å². The molecule has 0 saturated carbocycles. The summed E-state index contributed by atoms with van der Waals surface area (Å²) in [5.41, 5.74) is 5.30. The number of benzene rings is 4. The highest BCUT2D eigenvalue weighted by Gasteiger charge is 2.23. The maximum absolute atomic E-state index is 13.9. The van der Waals surface area contributed by atoms with Gasteiger partial charge in [-0.25, -0.2) is 28.7 Å². The van der Waals surface area contributed by atoms with Gasteiger partial charge in [0, 0.05) is 83.7 Å². The number of nitrogens with one attached hydrogen (secondary N) is 1. The lowest BCUT2D eigenvalue weighted by atomic mass is 10.1. The van der Waals surface area contributed by atoms with Crippen LogP contribution >= 0.6 is 11.6 Å². The van der Waals surface area contributed by atoms with Crippen molar-refractivity contribution in [3.63, 3.8) is 0 Å². The first-order valence-electron chi connectivity index (χ1n) is 17.7. The second kappa shape index (κ2) is 20.5. The molecule has 66 heavy (non-hydrogen) atoms. The highest BCUT2D eigenvalue weighted by atomic mass is 35.5. The van der Waals surface area contributed by atoms with Gasteiger partial charge in [0.2, 0.25) is 22.9 Å². The van der Waals surface area contributed by atoms with Crippen LogP contribution in [0.1, 0.15) is 7.43 Å². The molecule has 4 heterocycles. The maximum atomic E-state index is 13.9. The number of fused-ring (bicyclic) bond motifs is 2. The number of nitrogens with zero attached hydrogens (tertiary/aromatic N) is 10. The van der Waals surface area contributed by atoms with Crippen LogP contribution in [0.2, 0.25) is 5.28 Å². The van der Waals surface area contributed by atoms with E-state index >= 15 is 0 Å². The van der Waals surface area contributed by atoms with E-state index in [2.05, 4.69) is 44.7 Å². The standard InChI is InChI=1S/C19H12F4N6O3.C12H8ClFN4.C7H5F3N2O3.CH4/c1-28-7-11(10-4-9(20)2-3-14(10)28)17-24-8-25-19(27-17)26-13-6-15(29(30)31)12(21)5-16(13)32-18(22)23;1-18-5-9(11-15-6-16-12(13)17-11)8-4-7(14)2-3-10(8)18;8-3-1-6(15-7(9)10)4(11)2-5(3)12(13)14;/h2-8,18H,1H3,(H,24,25,26,27);2-6H,1H3;1-2,7H,11H2;1H4. The lowest BCUT2D eigenvalue weighted by molar-refractivity contribution is -0.387. The van der Waals surface area contributed by atoms with Crippen LogP contribution in [-0.4, -0.2) is 62.1 Å². The van der Waals surface area contributed by atoms with Crippen LogP contribution in [0.15, 0.2) is 85.7 Å². The van der Waals surface area contributed by atoms with Crippen molar-refractivity contribution in [1.82, 2.24) is 39.0 Å². The van der Waals surface area contributed by atoms with Crippen LogP contribution in [0, 0.1) is 43.5 Å². The highest BCUT2D eigenvalue weighted by molar-refractivity contribution is 6.28. The molecule has 0 fully saturated rings. The van der Waals surface area contributed by atoms with Gasteiger partial charge in [-0.1, -0.05) is 7.43 Å². The van der Waals surface area contributed by atoms with Crippen molar-refractivity contribution < 1.29 is 54.4 Å². The van der Waals surface area contributed by atoms with Crippen molar-refractivity contribution in [1.29, 1.82) is 0 Å². The first kappa shape index (κ1) is 48.7. The second-order valence-electron chi connectivity index (χ2n) is 12.9. The minimum absolute atomic E-state index is 0. The molecule has 0 bridgehead atoms. The number of rotatable bonds is 10. The Labute approximate surface area is 369 Å². The topological polar surface area (TPSA) is 230 Å². The van der Waals surface area contributed by atoms with Crippen LogP contribution in [0.3, 0.4) is 0 Å². The number of nitro groups is 2. The van der Waals surface area contributed by atoms with Crippen LogP contribution < -0.4 is 20.5 Å². The molecule has 0 unspecified atom stereocenters. The molecule has 27 heteroatoms. The summed E-state index contributed by atoms with van der Waals surface area (Å²) in [6, 6.07) is 11.0. The molecular weight excluding hydrogens is 920 g/mol. The Bertz CT molecular complexity index is 3090. The van der Waals surface area contributed by atoms with E-state index in [0.29, 0.717) is 46.6 Å². The monoisotopic (exact) mass is 948 g/mol. The summed E-state index contributed by atoms with van der Waals surface area (Å²) < 4.78 is 115. The summed E-state index contributed by atoms with van der Waals surface area (Å²) in [6.45, 7) is -6.48. The SMILES string of the molecule is C.Cn1cc(-c2ncnc(Cl)n2)c2cc(F)ccc21.Cn1cc(-c2ncnc(Nc3cc([N+](=O)[O-])c(F)cc3OC(F)F)n2)c2cc(F)ccc21.Nc1cc([N+](=O)[O-])c(F)cc1OC(F)F. The van der Waals surface area contributed by atoms with Gasteiger partial charge in [-0.15, -0.1) is 0 Å². The molecule has 8 aromatic rings. The first-order chi connectivity index (χ1) is 30.8. The fourth-order valence-corrected chi connectivity index (χ4v) is 6.09. The first-order valence-corrected chi connectivity index (χ1v) is 18.1. The number of halogens is 9. The zero-order chi connectivity index (χ0) is 47.3. The van der Waals surface area contributed by atoms with Gasteiger partial charge < -0.3 is 29.7 Å². The largest absolute Gasteiger partial charge is 0.433 e. The molecule has 0 saturated heterocycles. The Hall–Kier alpha value is -8.29. The third-order valence-electron chi connectivity index (χ3n) is 8.70. The molecule has 0 spiro atoms. The Morgan fingerprint density at radius 3 is 1.65 bits per heavy atom. The number of nitrogens with two attached hydrogens (primary N) is 1. The van der Waals surface area contributed by atoms with Gasteiger partial charge in [-0.3, -0.25) is 20.2 Å². The average Bonchev–Trinajstić information content (AvgIpc) is 3.74. The highest BCUT2D eigenvalue weighted by Crippen LogP contribution is 2.36. The zero-order valence-corrected chi connectivity index (χ0v) is 33.4. The van der Waals surface area contributed by atoms with E-state index < -0.39 is 69.1 Å². The number of aryl methyl sites for hydroxylation is 2. The average molecular weight is 949 g/mol. The summed E-state index contributed by atoms with van der Waals surface area (Å²) >= 11 is 5.74. The molecule has 344 valence electrons. The number of hydrogen-bond acceptors (Lipinski definition) is 14. The zero-order valence-electron chi connectivity index (χ0n) is 32.6. The number of hydrogen-bond donors (Lipinski definition) is 2. The van der Waals surface area contributed by atoms with Crippen LogP contribution in [-0.2, 0) is 14.1 Å². The molecular formula is C39H29ClF8N12O6. The minimum atomic E-state index is -3.31. The Morgan fingerprint density at radius 2 is 1.15 bits per heavy atom. The molecule has 18 nitrogen and oxygen atoms in total. The molecule has 4 aromatic heterocycles. The van der Waals surface area contributed by atoms with Gasteiger partial charge in [-0.2, -0.15) is 36.3 Å². The normalized spacial score (nSPS) is 10.8. The quantitative estimate of drug-likeness (QED) is 0.0563. The third-order valence-corrected chi connectivity index (χ3v) is 8.88. The summed E-state index contributed by atoms with van der Waals surface area (Å²) in [5.74, 6) is -4.36. The van der Waals surface area contributed by atoms with Gasteiger partial charge in [0.25, 0.3) is 0 Å². The Kier molecular flexibility index (Phi) is 15.1. The molecule has 8 rings (SSSR count). The number of nitro benzene ring substituents is 2. The molecule has 0 amide bonds. The van der Waals surface area contributed by atoms with Crippen LogP contribution in [0.4, 0.5) is 63.8 Å². The van der Waals surface area contributed by atoms with Crippen molar-refractivity contribution in [2.45, 2.75) is 20.6 Å². The number of nitrogen functional groups attached to an aromatic ring is 1.